The Bertz CT molecular complexity index is 1050. The first kappa shape index (κ1) is 17.8. The van der Waals surface area contributed by atoms with Crippen molar-refractivity contribution in [2.24, 2.45) is 5.10 Å². The SMILES string of the molecule is Cc1nc2ccccc2c(=O)n1OCC(=O)N/N=C/c1cccc(Br)c1. The summed E-state index contributed by atoms with van der Waals surface area (Å²) in [6, 6.07) is 14.4. The number of hydrogen-bond acceptors (Lipinski definition) is 5. The van der Waals surface area contributed by atoms with Gasteiger partial charge in [0.15, 0.2) is 6.61 Å². The summed E-state index contributed by atoms with van der Waals surface area (Å²) in [5, 5.41) is 4.28. The van der Waals surface area contributed by atoms with Crippen molar-refractivity contribution in [3.05, 3.63) is 74.7 Å². The molecule has 1 N–H and O–H groups in total. The normalized spacial score (nSPS) is 11.0. The minimum absolute atomic E-state index is 0.360. The lowest BCUT2D eigenvalue weighted by Gasteiger charge is -2.11. The fourth-order valence-corrected chi connectivity index (χ4v) is 2.72. The summed E-state index contributed by atoms with van der Waals surface area (Å²) in [4.78, 5) is 33.9. The lowest BCUT2D eigenvalue weighted by atomic mass is 10.2. The van der Waals surface area contributed by atoms with Crippen LogP contribution in [0.4, 0.5) is 0 Å². The standard InChI is InChI=1S/C18H15BrN4O3/c1-12-21-16-8-3-2-7-15(16)18(25)23(12)26-11-17(24)22-20-10-13-5-4-6-14(19)9-13/h2-10H,11H2,1H3,(H,22,24)/b20-10+. The summed E-state index contributed by atoms with van der Waals surface area (Å²) in [7, 11) is 0. The Morgan fingerprint density at radius 2 is 2.12 bits per heavy atom. The van der Waals surface area contributed by atoms with E-state index in [1.807, 2.05) is 24.3 Å². The fourth-order valence-electron chi connectivity index (χ4n) is 2.30. The molecular weight excluding hydrogens is 400 g/mol. The van der Waals surface area contributed by atoms with Gasteiger partial charge in [-0.15, -0.1) is 4.73 Å². The van der Waals surface area contributed by atoms with Gasteiger partial charge in [0.25, 0.3) is 11.5 Å². The van der Waals surface area contributed by atoms with E-state index in [2.05, 4.69) is 31.4 Å². The zero-order valence-electron chi connectivity index (χ0n) is 13.8. The molecule has 0 saturated carbocycles. The van der Waals surface area contributed by atoms with Gasteiger partial charge in [0.1, 0.15) is 5.82 Å². The minimum Gasteiger partial charge on any atom is -0.399 e. The molecule has 0 aliphatic rings. The van der Waals surface area contributed by atoms with Gasteiger partial charge < -0.3 is 4.84 Å². The second-order valence-corrected chi connectivity index (χ2v) is 6.31. The largest absolute Gasteiger partial charge is 0.399 e. The molecule has 0 saturated heterocycles. The summed E-state index contributed by atoms with van der Waals surface area (Å²) in [5.41, 5.74) is 3.40. The summed E-state index contributed by atoms with van der Waals surface area (Å²) in [6.45, 7) is 1.27. The van der Waals surface area contributed by atoms with Gasteiger partial charge in [0.05, 0.1) is 17.1 Å². The van der Waals surface area contributed by atoms with Crippen molar-refractivity contribution in [3.8, 4) is 0 Å². The number of para-hydroxylation sites is 1. The highest BCUT2D eigenvalue weighted by Crippen LogP contribution is 2.09. The van der Waals surface area contributed by atoms with Crippen LogP contribution in [0.3, 0.4) is 0 Å². The van der Waals surface area contributed by atoms with E-state index >= 15 is 0 Å². The summed E-state index contributed by atoms with van der Waals surface area (Å²) < 4.78 is 1.93. The van der Waals surface area contributed by atoms with Gasteiger partial charge in [-0.25, -0.2) is 10.4 Å². The Labute approximate surface area is 157 Å². The van der Waals surface area contributed by atoms with Crippen LogP contribution in [-0.4, -0.2) is 28.4 Å². The molecule has 0 radical (unpaired) electrons. The Balaban J connectivity index is 1.64. The Morgan fingerprint density at radius 1 is 1.31 bits per heavy atom. The smallest absolute Gasteiger partial charge is 0.294 e. The number of amides is 1. The Hall–Kier alpha value is -3.00. The molecule has 3 rings (SSSR count). The zero-order chi connectivity index (χ0) is 18.5. The highest BCUT2D eigenvalue weighted by atomic mass is 79.9. The van der Waals surface area contributed by atoms with Crippen molar-refractivity contribution in [2.75, 3.05) is 6.61 Å². The van der Waals surface area contributed by atoms with Crippen LogP contribution in [0.2, 0.25) is 0 Å². The van der Waals surface area contributed by atoms with Crippen LogP contribution in [0, 0.1) is 6.92 Å². The van der Waals surface area contributed by atoms with Crippen LogP contribution in [0.25, 0.3) is 10.9 Å². The average Bonchev–Trinajstić information content (AvgIpc) is 2.61. The van der Waals surface area contributed by atoms with Crippen LogP contribution in [0.1, 0.15) is 11.4 Å². The number of nitrogens with one attached hydrogen (secondary N) is 1. The number of carbonyl (C=O) groups is 1. The van der Waals surface area contributed by atoms with E-state index in [0.717, 1.165) is 14.8 Å². The van der Waals surface area contributed by atoms with E-state index in [9.17, 15) is 9.59 Å². The number of aromatic nitrogens is 2. The van der Waals surface area contributed by atoms with Gasteiger partial charge in [-0.3, -0.25) is 9.59 Å². The van der Waals surface area contributed by atoms with Crippen LogP contribution < -0.4 is 15.8 Å². The van der Waals surface area contributed by atoms with E-state index < -0.39 is 5.91 Å². The van der Waals surface area contributed by atoms with Gasteiger partial charge in [-0.2, -0.15) is 5.10 Å². The van der Waals surface area contributed by atoms with Crippen molar-refractivity contribution in [1.82, 2.24) is 15.1 Å². The molecule has 0 bridgehead atoms. The van der Waals surface area contributed by atoms with E-state index in [4.69, 9.17) is 4.84 Å². The van der Waals surface area contributed by atoms with Gasteiger partial charge >= 0.3 is 0 Å². The average molecular weight is 415 g/mol. The second-order valence-electron chi connectivity index (χ2n) is 5.40. The molecule has 26 heavy (non-hydrogen) atoms. The molecule has 2 aromatic carbocycles. The number of hydrogen-bond donors (Lipinski definition) is 1. The van der Waals surface area contributed by atoms with Crippen molar-refractivity contribution in [2.45, 2.75) is 6.92 Å². The lowest BCUT2D eigenvalue weighted by molar-refractivity contribution is -0.126. The van der Waals surface area contributed by atoms with Crippen LogP contribution in [0.15, 0.2) is 62.9 Å². The van der Waals surface area contributed by atoms with Gasteiger partial charge in [0, 0.05) is 4.47 Å². The minimum atomic E-state index is -0.490. The van der Waals surface area contributed by atoms with E-state index in [-0.39, 0.29) is 12.2 Å². The van der Waals surface area contributed by atoms with Crippen molar-refractivity contribution < 1.29 is 9.63 Å². The van der Waals surface area contributed by atoms with E-state index in [0.29, 0.717) is 16.7 Å². The second kappa shape index (κ2) is 7.92. The number of rotatable bonds is 5. The monoisotopic (exact) mass is 414 g/mol. The van der Waals surface area contributed by atoms with Crippen molar-refractivity contribution in [1.29, 1.82) is 0 Å². The molecule has 0 unspecified atom stereocenters. The van der Waals surface area contributed by atoms with E-state index in [1.165, 1.54) is 6.21 Å². The molecule has 8 heteroatoms. The quantitative estimate of drug-likeness (QED) is 0.511. The summed E-state index contributed by atoms with van der Waals surface area (Å²) in [5.74, 6) is -0.130. The first-order chi connectivity index (χ1) is 12.5. The molecule has 1 amide bonds. The molecule has 0 spiro atoms. The van der Waals surface area contributed by atoms with Crippen molar-refractivity contribution in [3.63, 3.8) is 0 Å². The van der Waals surface area contributed by atoms with Gasteiger partial charge in [-0.05, 0) is 36.8 Å². The van der Waals surface area contributed by atoms with Gasteiger partial charge in [0.2, 0.25) is 0 Å². The Kier molecular flexibility index (Phi) is 5.43. The number of carbonyl (C=O) groups excluding carboxylic acids is 1. The third-order valence-electron chi connectivity index (χ3n) is 3.47. The molecule has 0 atom stereocenters. The first-order valence-corrected chi connectivity index (χ1v) is 8.53. The molecule has 1 heterocycles. The molecule has 0 aliphatic carbocycles. The lowest BCUT2D eigenvalue weighted by Crippen LogP contribution is -2.35. The number of benzene rings is 2. The summed E-state index contributed by atoms with van der Waals surface area (Å²) >= 11 is 3.36. The van der Waals surface area contributed by atoms with E-state index in [1.54, 1.807) is 31.2 Å². The maximum atomic E-state index is 12.4. The molecule has 1 aromatic heterocycles. The van der Waals surface area contributed by atoms with Gasteiger partial charge in [-0.1, -0.05) is 40.2 Å². The maximum absolute atomic E-state index is 12.4. The molecule has 132 valence electrons. The van der Waals surface area contributed by atoms with Crippen LogP contribution in [0.5, 0.6) is 0 Å². The van der Waals surface area contributed by atoms with Crippen molar-refractivity contribution >= 4 is 39.0 Å². The highest BCUT2D eigenvalue weighted by molar-refractivity contribution is 9.10. The molecule has 3 aromatic rings. The third-order valence-corrected chi connectivity index (χ3v) is 3.96. The topological polar surface area (TPSA) is 85.6 Å². The Morgan fingerprint density at radius 3 is 2.92 bits per heavy atom. The number of nitrogens with zero attached hydrogens (tertiary/aromatic N) is 3. The number of halogens is 1. The molecule has 7 nitrogen and oxygen atoms in total. The molecular formula is C18H15BrN4O3. The summed E-state index contributed by atoms with van der Waals surface area (Å²) in [6.07, 6.45) is 1.51. The number of aryl methyl sites for hydroxylation is 1. The number of hydrazone groups is 1. The first-order valence-electron chi connectivity index (χ1n) is 7.74. The van der Waals surface area contributed by atoms with Crippen LogP contribution >= 0.6 is 15.9 Å². The maximum Gasteiger partial charge on any atom is 0.294 e. The fraction of sp³-hybridized carbons (Fsp3) is 0.111. The number of fused-ring (bicyclic) bond motifs is 1. The predicted molar refractivity (Wildman–Crippen MR) is 102 cm³/mol. The third kappa shape index (κ3) is 4.15. The predicted octanol–water partition coefficient (Wildman–Crippen LogP) is 2.05. The highest BCUT2D eigenvalue weighted by Gasteiger charge is 2.10. The zero-order valence-corrected chi connectivity index (χ0v) is 15.4. The van der Waals surface area contributed by atoms with Crippen LogP contribution in [-0.2, 0) is 4.79 Å². The molecule has 0 aliphatic heterocycles. The molecule has 0 fully saturated rings.